The van der Waals surface area contributed by atoms with Gasteiger partial charge < -0.3 is 5.32 Å². The fraction of sp³-hybridized carbons (Fsp3) is 0.727. The number of carbonyl (C=O) groups is 1. The summed E-state index contributed by atoms with van der Waals surface area (Å²) in [6.07, 6.45) is 0.800. The highest BCUT2D eigenvalue weighted by Crippen LogP contribution is 2.26. The molecule has 0 aromatic carbocycles. The van der Waals surface area contributed by atoms with E-state index in [2.05, 4.69) is 29.4 Å². The summed E-state index contributed by atoms with van der Waals surface area (Å²) in [7, 11) is 0. The van der Waals surface area contributed by atoms with Gasteiger partial charge in [-0.05, 0) is 6.42 Å². The lowest BCUT2D eigenvalue weighted by Crippen LogP contribution is -2.29. The Bertz CT molecular complexity index is 371. The maximum absolute atomic E-state index is 11.9. The monoisotopic (exact) mass is 241 g/mol. The molecule has 0 aliphatic rings. The van der Waals surface area contributed by atoms with Crippen molar-refractivity contribution < 1.29 is 4.79 Å². The molecule has 1 amide bonds. The highest BCUT2D eigenvalue weighted by molar-refractivity contribution is 7.15. The number of hydrogen-bond acceptors (Lipinski definition) is 4. The highest BCUT2D eigenvalue weighted by atomic mass is 32.1. The Morgan fingerprint density at radius 2 is 2.06 bits per heavy atom. The minimum absolute atomic E-state index is 0.00135. The second kappa shape index (κ2) is 4.91. The zero-order chi connectivity index (χ0) is 12.3. The minimum Gasteiger partial charge on any atom is -0.300 e. The first-order chi connectivity index (χ1) is 7.36. The molecule has 16 heavy (non-hydrogen) atoms. The van der Waals surface area contributed by atoms with Crippen LogP contribution in [0.25, 0.3) is 0 Å². The van der Waals surface area contributed by atoms with Crippen LogP contribution in [0, 0.1) is 5.41 Å². The van der Waals surface area contributed by atoms with E-state index in [1.807, 2.05) is 20.8 Å². The van der Waals surface area contributed by atoms with E-state index in [1.165, 1.54) is 11.3 Å². The van der Waals surface area contributed by atoms with Crippen molar-refractivity contribution in [2.24, 2.45) is 5.41 Å². The maximum Gasteiger partial charge on any atom is 0.231 e. The van der Waals surface area contributed by atoms with Crippen molar-refractivity contribution in [1.82, 2.24) is 10.2 Å². The lowest BCUT2D eigenvalue weighted by atomic mass is 9.89. The molecule has 1 rings (SSSR count). The van der Waals surface area contributed by atoms with Crippen molar-refractivity contribution in [3.05, 3.63) is 5.01 Å². The summed E-state index contributed by atoms with van der Waals surface area (Å²) in [5.74, 6) is 0.351. The largest absolute Gasteiger partial charge is 0.300 e. The van der Waals surface area contributed by atoms with Crippen LogP contribution < -0.4 is 5.32 Å². The number of nitrogens with one attached hydrogen (secondary N) is 1. The lowest BCUT2D eigenvalue weighted by Gasteiger charge is -2.20. The van der Waals surface area contributed by atoms with Gasteiger partial charge in [0.05, 0.1) is 0 Å². The van der Waals surface area contributed by atoms with Gasteiger partial charge in [0.2, 0.25) is 11.0 Å². The number of nitrogens with zero attached hydrogens (tertiary/aromatic N) is 2. The molecule has 0 spiro atoms. The van der Waals surface area contributed by atoms with Gasteiger partial charge in [0.25, 0.3) is 0 Å². The molecule has 0 saturated heterocycles. The van der Waals surface area contributed by atoms with Crippen molar-refractivity contribution >= 4 is 22.4 Å². The molecular weight excluding hydrogens is 222 g/mol. The average Bonchev–Trinajstić information content (AvgIpc) is 2.66. The lowest BCUT2D eigenvalue weighted by molar-refractivity contribution is -0.124. The third-order valence-electron chi connectivity index (χ3n) is 2.65. The van der Waals surface area contributed by atoms with Gasteiger partial charge in [-0.25, -0.2) is 0 Å². The number of anilines is 1. The Kier molecular flexibility index (Phi) is 4.02. The first-order valence-electron chi connectivity index (χ1n) is 5.51. The zero-order valence-corrected chi connectivity index (χ0v) is 11.3. The zero-order valence-electron chi connectivity index (χ0n) is 10.5. The standard InChI is InChI=1S/C11H19N3OS/c1-6-11(4,5)9(15)12-10-14-13-8(16-10)7(2)3/h7H,6H2,1-5H3,(H,12,14,15). The number of amides is 1. The summed E-state index contributed by atoms with van der Waals surface area (Å²) in [6.45, 7) is 9.96. The van der Waals surface area contributed by atoms with Gasteiger partial charge in [-0.1, -0.05) is 46.0 Å². The van der Waals surface area contributed by atoms with Gasteiger partial charge in [-0.15, -0.1) is 10.2 Å². The van der Waals surface area contributed by atoms with Crippen LogP contribution in [0.1, 0.15) is 52.0 Å². The summed E-state index contributed by atoms with van der Waals surface area (Å²) in [5, 5.41) is 12.3. The third-order valence-corrected chi connectivity index (χ3v) is 3.79. The molecule has 0 aliphatic carbocycles. The van der Waals surface area contributed by atoms with Gasteiger partial charge in [0, 0.05) is 11.3 Å². The molecule has 5 heteroatoms. The summed E-state index contributed by atoms with van der Waals surface area (Å²) >= 11 is 1.44. The van der Waals surface area contributed by atoms with Crippen molar-refractivity contribution in [3.63, 3.8) is 0 Å². The molecule has 1 heterocycles. The van der Waals surface area contributed by atoms with E-state index >= 15 is 0 Å². The Balaban J connectivity index is 2.70. The molecule has 0 bridgehead atoms. The number of carbonyl (C=O) groups excluding carboxylic acids is 1. The fourth-order valence-corrected chi connectivity index (χ4v) is 1.69. The Hall–Kier alpha value is -0.970. The van der Waals surface area contributed by atoms with E-state index in [0.29, 0.717) is 11.0 Å². The van der Waals surface area contributed by atoms with Crippen LogP contribution in [-0.2, 0) is 4.79 Å². The van der Waals surface area contributed by atoms with Crippen molar-refractivity contribution in [1.29, 1.82) is 0 Å². The van der Waals surface area contributed by atoms with Crippen molar-refractivity contribution in [2.45, 2.75) is 47.0 Å². The van der Waals surface area contributed by atoms with Crippen LogP contribution in [0.5, 0.6) is 0 Å². The van der Waals surface area contributed by atoms with Gasteiger partial charge in [-0.3, -0.25) is 4.79 Å². The maximum atomic E-state index is 11.9. The molecular formula is C11H19N3OS. The van der Waals surface area contributed by atoms with Crippen LogP contribution in [0.3, 0.4) is 0 Å². The summed E-state index contributed by atoms with van der Waals surface area (Å²) < 4.78 is 0. The van der Waals surface area contributed by atoms with Crippen molar-refractivity contribution in [3.8, 4) is 0 Å². The van der Waals surface area contributed by atoms with Gasteiger partial charge >= 0.3 is 0 Å². The van der Waals surface area contributed by atoms with E-state index in [-0.39, 0.29) is 11.3 Å². The Labute approximate surface area is 100 Å². The Morgan fingerprint density at radius 1 is 1.44 bits per heavy atom. The molecule has 1 N–H and O–H groups in total. The number of aromatic nitrogens is 2. The molecule has 4 nitrogen and oxygen atoms in total. The molecule has 0 fully saturated rings. The third kappa shape index (κ3) is 3.01. The minimum atomic E-state index is -0.357. The van der Waals surface area contributed by atoms with Crippen LogP contribution in [0.2, 0.25) is 0 Å². The number of rotatable bonds is 4. The molecule has 0 radical (unpaired) electrons. The molecule has 90 valence electrons. The van der Waals surface area contributed by atoms with Crippen LogP contribution in [-0.4, -0.2) is 16.1 Å². The quantitative estimate of drug-likeness (QED) is 0.881. The van der Waals surface area contributed by atoms with E-state index in [0.717, 1.165) is 11.4 Å². The molecule has 0 saturated carbocycles. The average molecular weight is 241 g/mol. The van der Waals surface area contributed by atoms with Crippen LogP contribution in [0.4, 0.5) is 5.13 Å². The predicted octanol–water partition coefficient (Wildman–Crippen LogP) is 3.04. The molecule has 0 unspecified atom stereocenters. The topological polar surface area (TPSA) is 54.9 Å². The summed E-state index contributed by atoms with van der Waals surface area (Å²) in [4.78, 5) is 11.9. The van der Waals surface area contributed by atoms with E-state index in [9.17, 15) is 4.79 Å². The van der Waals surface area contributed by atoms with E-state index < -0.39 is 0 Å². The first kappa shape index (κ1) is 13.1. The fourth-order valence-electron chi connectivity index (χ4n) is 0.945. The summed E-state index contributed by atoms with van der Waals surface area (Å²) in [6, 6.07) is 0. The van der Waals surface area contributed by atoms with E-state index in [1.54, 1.807) is 0 Å². The molecule has 1 aromatic rings. The number of hydrogen-bond donors (Lipinski definition) is 1. The molecule has 1 aromatic heterocycles. The Morgan fingerprint density at radius 3 is 2.50 bits per heavy atom. The molecule has 0 atom stereocenters. The van der Waals surface area contributed by atoms with Crippen molar-refractivity contribution in [2.75, 3.05) is 5.32 Å². The van der Waals surface area contributed by atoms with Gasteiger partial charge in [0.15, 0.2) is 0 Å². The smallest absolute Gasteiger partial charge is 0.231 e. The predicted molar refractivity (Wildman–Crippen MR) is 66.7 cm³/mol. The van der Waals surface area contributed by atoms with Crippen LogP contribution >= 0.6 is 11.3 Å². The van der Waals surface area contributed by atoms with E-state index in [4.69, 9.17) is 0 Å². The van der Waals surface area contributed by atoms with Gasteiger partial charge in [0.1, 0.15) is 5.01 Å². The normalized spacial score (nSPS) is 11.9. The second-order valence-electron chi connectivity index (χ2n) is 4.79. The first-order valence-corrected chi connectivity index (χ1v) is 6.33. The van der Waals surface area contributed by atoms with Crippen LogP contribution in [0.15, 0.2) is 0 Å². The summed E-state index contributed by atoms with van der Waals surface area (Å²) in [5.41, 5.74) is -0.357. The van der Waals surface area contributed by atoms with Gasteiger partial charge in [-0.2, -0.15) is 0 Å². The second-order valence-corrected chi connectivity index (χ2v) is 5.80. The SMILES string of the molecule is CCC(C)(C)C(=O)Nc1nnc(C(C)C)s1. The molecule has 0 aliphatic heterocycles. The highest BCUT2D eigenvalue weighted by Gasteiger charge is 2.26.